The van der Waals surface area contributed by atoms with E-state index in [1.54, 1.807) is 6.20 Å². The fraction of sp³-hybridized carbons (Fsp3) is 0.381. The van der Waals surface area contributed by atoms with Gasteiger partial charge >= 0.3 is 0 Å². The lowest BCUT2D eigenvalue weighted by Gasteiger charge is -2.18. The Morgan fingerprint density at radius 3 is 2.88 bits per heavy atom. The zero-order valence-electron chi connectivity index (χ0n) is 15.6. The summed E-state index contributed by atoms with van der Waals surface area (Å²) in [5, 5.41) is 2.96. The van der Waals surface area contributed by atoms with E-state index >= 15 is 0 Å². The van der Waals surface area contributed by atoms with Crippen LogP contribution in [-0.4, -0.2) is 29.8 Å². The first-order chi connectivity index (χ1) is 12.5. The molecule has 1 aliphatic heterocycles. The van der Waals surface area contributed by atoms with Crippen molar-refractivity contribution < 1.29 is 9.53 Å². The summed E-state index contributed by atoms with van der Waals surface area (Å²) in [4.78, 5) is 21.6. The van der Waals surface area contributed by atoms with Crippen LogP contribution in [0.1, 0.15) is 53.0 Å². The van der Waals surface area contributed by atoms with E-state index in [-0.39, 0.29) is 11.9 Å². The van der Waals surface area contributed by atoms with Crippen molar-refractivity contribution in [2.45, 2.75) is 39.7 Å². The van der Waals surface area contributed by atoms with E-state index in [4.69, 9.17) is 9.73 Å². The number of hydrogen-bond donors (Lipinski definition) is 1. The summed E-state index contributed by atoms with van der Waals surface area (Å²) in [6.45, 7) is 7.21. The van der Waals surface area contributed by atoms with E-state index < -0.39 is 0 Å². The van der Waals surface area contributed by atoms with Crippen LogP contribution in [0, 0.1) is 13.8 Å². The van der Waals surface area contributed by atoms with Crippen LogP contribution in [-0.2, 0) is 4.74 Å². The molecule has 2 aromatic rings. The molecule has 1 aromatic carbocycles. The highest BCUT2D eigenvalue weighted by Crippen LogP contribution is 2.27. The number of pyridine rings is 1. The van der Waals surface area contributed by atoms with Crippen LogP contribution in [0.25, 0.3) is 0 Å². The molecule has 0 bridgehead atoms. The van der Waals surface area contributed by atoms with Gasteiger partial charge in [-0.2, -0.15) is 0 Å². The molecule has 1 amide bonds. The Morgan fingerprint density at radius 1 is 1.23 bits per heavy atom. The van der Waals surface area contributed by atoms with Gasteiger partial charge in [0.05, 0.1) is 12.6 Å². The second kappa shape index (κ2) is 8.23. The van der Waals surface area contributed by atoms with E-state index in [1.165, 1.54) is 0 Å². The standard InChI is InChI=1S/C21H25N3O2/c1-14-10-15(2)20(22-12-14)21(25)24-18-7-4-6-17(11-18)19-8-5-9-26-13-16(3)23-19/h4,6-7,10-12,19H,5,8-9,13H2,1-3H3,(H,24,25). The molecular weight excluding hydrogens is 326 g/mol. The van der Waals surface area contributed by atoms with Gasteiger partial charge in [-0.15, -0.1) is 0 Å². The van der Waals surface area contributed by atoms with Crippen LogP contribution in [0.2, 0.25) is 0 Å². The van der Waals surface area contributed by atoms with Crippen molar-refractivity contribution >= 4 is 17.3 Å². The molecule has 1 aliphatic rings. The first kappa shape index (κ1) is 18.3. The van der Waals surface area contributed by atoms with Crippen molar-refractivity contribution in [2.75, 3.05) is 18.5 Å². The van der Waals surface area contributed by atoms with Crippen LogP contribution in [0.5, 0.6) is 0 Å². The van der Waals surface area contributed by atoms with Crippen molar-refractivity contribution in [1.82, 2.24) is 4.98 Å². The molecule has 0 saturated heterocycles. The number of benzene rings is 1. The van der Waals surface area contributed by atoms with E-state index in [0.29, 0.717) is 12.3 Å². The van der Waals surface area contributed by atoms with Crippen LogP contribution in [0.15, 0.2) is 41.5 Å². The minimum atomic E-state index is -0.189. The summed E-state index contributed by atoms with van der Waals surface area (Å²) in [5.41, 5.74) is 5.25. The predicted molar refractivity (Wildman–Crippen MR) is 104 cm³/mol. The number of aromatic nitrogens is 1. The molecule has 0 fully saturated rings. The first-order valence-electron chi connectivity index (χ1n) is 8.98. The number of carbonyl (C=O) groups is 1. The van der Waals surface area contributed by atoms with Crippen LogP contribution >= 0.6 is 0 Å². The lowest BCUT2D eigenvalue weighted by Crippen LogP contribution is -2.16. The summed E-state index contributed by atoms with van der Waals surface area (Å²) in [5.74, 6) is -0.189. The first-order valence-corrected chi connectivity index (χ1v) is 8.98. The Kier molecular flexibility index (Phi) is 5.78. The van der Waals surface area contributed by atoms with Crippen LogP contribution in [0.3, 0.4) is 0 Å². The summed E-state index contributed by atoms with van der Waals surface area (Å²) in [7, 11) is 0. The van der Waals surface area contributed by atoms with Gasteiger partial charge in [0, 0.05) is 24.2 Å². The van der Waals surface area contributed by atoms with Gasteiger partial charge < -0.3 is 10.1 Å². The van der Waals surface area contributed by atoms with E-state index in [1.807, 2.05) is 45.0 Å². The maximum atomic E-state index is 12.6. The maximum absolute atomic E-state index is 12.6. The third kappa shape index (κ3) is 4.55. The number of rotatable bonds is 3. The SMILES string of the molecule is CC1=NC(c2cccc(NC(=O)c3ncc(C)cc3C)c2)CCCOC1. The molecule has 1 aromatic heterocycles. The molecule has 26 heavy (non-hydrogen) atoms. The average Bonchev–Trinajstić information content (AvgIpc) is 2.58. The number of carbonyl (C=O) groups excluding carboxylic acids is 1. The number of aryl methyl sites for hydroxylation is 2. The Hall–Kier alpha value is -2.53. The largest absolute Gasteiger partial charge is 0.376 e. The molecule has 3 rings (SSSR count). The van der Waals surface area contributed by atoms with E-state index in [0.717, 1.165) is 47.5 Å². The number of amides is 1. The quantitative estimate of drug-likeness (QED) is 0.898. The summed E-state index contributed by atoms with van der Waals surface area (Å²) >= 11 is 0. The van der Waals surface area contributed by atoms with Gasteiger partial charge in [-0.25, -0.2) is 0 Å². The Morgan fingerprint density at radius 2 is 2.08 bits per heavy atom. The highest BCUT2D eigenvalue weighted by molar-refractivity contribution is 6.03. The number of nitrogens with zero attached hydrogens (tertiary/aromatic N) is 2. The molecule has 0 spiro atoms. The number of nitrogens with one attached hydrogen (secondary N) is 1. The third-order valence-corrected chi connectivity index (χ3v) is 4.41. The fourth-order valence-electron chi connectivity index (χ4n) is 3.17. The number of aliphatic imine (C=N–C) groups is 1. The second-order valence-corrected chi connectivity index (χ2v) is 6.83. The minimum Gasteiger partial charge on any atom is -0.376 e. The van der Waals surface area contributed by atoms with Gasteiger partial charge in [-0.3, -0.25) is 14.8 Å². The van der Waals surface area contributed by atoms with Crippen molar-refractivity contribution in [3.63, 3.8) is 0 Å². The van der Waals surface area contributed by atoms with Gasteiger partial charge in [-0.1, -0.05) is 18.2 Å². The highest BCUT2D eigenvalue weighted by Gasteiger charge is 2.15. The Bertz CT molecular complexity index is 830. The third-order valence-electron chi connectivity index (χ3n) is 4.41. The van der Waals surface area contributed by atoms with E-state index in [9.17, 15) is 4.79 Å². The maximum Gasteiger partial charge on any atom is 0.274 e. The van der Waals surface area contributed by atoms with Crippen LogP contribution in [0.4, 0.5) is 5.69 Å². The summed E-state index contributed by atoms with van der Waals surface area (Å²) in [6.07, 6.45) is 3.63. The second-order valence-electron chi connectivity index (χ2n) is 6.83. The number of anilines is 1. The zero-order chi connectivity index (χ0) is 18.5. The average molecular weight is 351 g/mol. The predicted octanol–water partition coefficient (Wildman–Crippen LogP) is 4.26. The molecule has 0 saturated carbocycles. The summed E-state index contributed by atoms with van der Waals surface area (Å²) in [6, 6.07) is 10.00. The van der Waals surface area contributed by atoms with Gasteiger partial charge in [0.1, 0.15) is 5.69 Å². The number of hydrogen-bond acceptors (Lipinski definition) is 4. The number of ether oxygens (including phenoxy) is 1. The fourth-order valence-corrected chi connectivity index (χ4v) is 3.17. The lowest BCUT2D eigenvalue weighted by molar-refractivity contribution is 0.102. The van der Waals surface area contributed by atoms with E-state index in [2.05, 4.69) is 16.4 Å². The Balaban J connectivity index is 1.79. The summed E-state index contributed by atoms with van der Waals surface area (Å²) < 4.78 is 5.52. The molecular formula is C21H25N3O2. The molecule has 1 unspecified atom stereocenters. The van der Waals surface area contributed by atoms with Crippen molar-refractivity contribution in [3.05, 3.63) is 58.9 Å². The van der Waals surface area contributed by atoms with Gasteiger partial charge in [0.25, 0.3) is 5.91 Å². The van der Waals surface area contributed by atoms with Gasteiger partial charge in [0.15, 0.2) is 0 Å². The Labute approximate surface area is 154 Å². The normalized spacial score (nSPS) is 17.8. The minimum absolute atomic E-state index is 0.106. The molecule has 5 nitrogen and oxygen atoms in total. The van der Waals surface area contributed by atoms with Crippen molar-refractivity contribution in [2.24, 2.45) is 4.99 Å². The van der Waals surface area contributed by atoms with Gasteiger partial charge in [-0.05, 0) is 62.4 Å². The topological polar surface area (TPSA) is 63.6 Å². The van der Waals surface area contributed by atoms with Gasteiger partial charge in [0.2, 0.25) is 0 Å². The van der Waals surface area contributed by atoms with Crippen molar-refractivity contribution in [3.8, 4) is 0 Å². The molecule has 1 N–H and O–H groups in total. The molecule has 5 heteroatoms. The molecule has 0 radical (unpaired) electrons. The lowest BCUT2D eigenvalue weighted by atomic mass is 10.0. The zero-order valence-corrected chi connectivity index (χ0v) is 15.6. The molecule has 136 valence electrons. The van der Waals surface area contributed by atoms with Crippen LogP contribution < -0.4 is 5.32 Å². The molecule has 1 atom stereocenters. The smallest absolute Gasteiger partial charge is 0.274 e. The highest BCUT2D eigenvalue weighted by atomic mass is 16.5. The monoisotopic (exact) mass is 351 g/mol. The van der Waals surface area contributed by atoms with Crippen molar-refractivity contribution in [1.29, 1.82) is 0 Å². The molecule has 2 heterocycles. The molecule has 0 aliphatic carbocycles.